The van der Waals surface area contributed by atoms with Gasteiger partial charge in [0.05, 0.1) is 12.2 Å². The molecule has 0 spiro atoms. The second-order valence-corrected chi connectivity index (χ2v) is 3.88. The highest BCUT2D eigenvalue weighted by Crippen LogP contribution is 2.08. The number of aromatic nitrogens is 3. The van der Waals surface area contributed by atoms with Crippen molar-refractivity contribution in [3.63, 3.8) is 0 Å². The third-order valence-corrected chi connectivity index (χ3v) is 2.27. The minimum atomic E-state index is 0.282. The van der Waals surface area contributed by atoms with E-state index in [0.29, 0.717) is 6.54 Å². The maximum absolute atomic E-state index is 5.57. The molecule has 0 aliphatic heterocycles. The number of anilines is 2. The highest BCUT2D eigenvalue weighted by Gasteiger charge is 2.00. The lowest BCUT2D eigenvalue weighted by molar-refractivity contribution is 0.995. The van der Waals surface area contributed by atoms with Gasteiger partial charge in [0.25, 0.3) is 0 Å². The quantitative estimate of drug-likeness (QED) is 0.837. The van der Waals surface area contributed by atoms with Crippen molar-refractivity contribution in [3.05, 3.63) is 41.3 Å². The molecule has 0 radical (unpaired) electrons. The lowest BCUT2D eigenvalue weighted by atomic mass is 10.3. The van der Waals surface area contributed by atoms with E-state index in [1.165, 1.54) is 0 Å². The van der Waals surface area contributed by atoms with Gasteiger partial charge in [0.1, 0.15) is 5.82 Å². The largest absolute Gasteiger partial charge is 0.368 e. The van der Waals surface area contributed by atoms with Crippen LogP contribution in [0, 0.1) is 13.8 Å². The van der Waals surface area contributed by atoms with Crippen LogP contribution in [0.1, 0.15) is 17.1 Å². The Morgan fingerprint density at radius 3 is 2.65 bits per heavy atom. The molecule has 2 aromatic heterocycles. The topological polar surface area (TPSA) is 76.7 Å². The minimum absolute atomic E-state index is 0.282. The molecule has 0 atom stereocenters. The lowest BCUT2D eigenvalue weighted by Crippen LogP contribution is -2.06. The molecule has 0 amide bonds. The van der Waals surface area contributed by atoms with Crippen LogP contribution in [0.5, 0.6) is 0 Å². The molecule has 0 aromatic carbocycles. The van der Waals surface area contributed by atoms with Crippen LogP contribution in [-0.4, -0.2) is 15.0 Å². The summed E-state index contributed by atoms with van der Waals surface area (Å²) < 4.78 is 0. The summed E-state index contributed by atoms with van der Waals surface area (Å²) in [7, 11) is 0. The Labute approximate surface area is 100 Å². The molecule has 0 saturated carbocycles. The number of nitrogens with zero attached hydrogens (tertiary/aromatic N) is 3. The van der Waals surface area contributed by atoms with E-state index in [9.17, 15) is 0 Å². The van der Waals surface area contributed by atoms with Crippen molar-refractivity contribution in [2.75, 3.05) is 11.1 Å². The molecular weight excluding hydrogens is 214 g/mol. The fourth-order valence-corrected chi connectivity index (χ4v) is 1.56. The van der Waals surface area contributed by atoms with E-state index in [4.69, 9.17) is 5.73 Å². The summed E-state index contributed by atoms with van der Waals surface area (Å²) in [4.78, 5) is 12.5. The lowest BCUT2D eigenvalue weighted by Gasteiger charge is -2.06. The predicted octanol–water partition coefficient (Wildman–Crippen LogP) is 1.68. The van der Waals surface area contributed by atoms with E-state index >= 15 is 0 Å². The highest BCUT2D eigenvalue weighted by molar-refractivity contribution is 5.40. The number of pyridine rings is 1. The predicted molar refractivity (Wildman–Crippen MR) is 67.5 cm³/mol. The standard InChI is InChI=1S/C12H15N5/c1-8-4-3-5-10(15-8)7-14-11-6-9(2)16-12(13)17-11/h3-6H,7H2,1-2H3,(H3,13,14,16,17). The monoisotopic (exact) mass is 229 g/mol. The van der Waals surface area contributed by atoms with E-state index in [1.807, 2.05) is 38.1 Å². The van der Waals surface area contributed by atoms with Crippen LogP contribution in [0.3, 0.4) is 0 Å². The van der Waals surface area contributed by atoms with Crippen LogP contribution < -0.4 is 11.1 Å². The van der Waals surface area contributed by atoms with Gasteiger partial charge in [0.15, 0.2) is 0 Å². The van der Waals surface area contributed by atoms with Gasteiger partial charge in [0.2, 0.25) is 5.95 Å². The molecule has 0 aliphatic rings. The van der Waals surface area contributed by atoms with E-state index in [1.54, 1.807) is 0 Å². The van der Waals surface area contributed by atoms with Crippen molar-refractivity contribution in [2.45, 2.75) is 20.4 Å². The van der Waals surface area contributed by atoms with Crippen LogP contribution in [0.15, 0.2) is 24.3 Å². The van der Waals surface area contributed by atoms with Gasteiger partial charge < -0.3 is 11.1 Å². The second-order valence-electron chi connectivity index (χ2n) is 3.88. The Kier molecular flexibility index (Phi) is 3.18. The van der Waals surface area contributed by atoms with Crippen LogP contribution in [0.4, 0.5) is 11.8 Å². The van der Waals surface area contributed by atoms with Gasteiger partial charge in [-0.3, -0.25) is 4.98 Å². The number of rotatable bonds is 3. The molecule has 0 aliphatic carbocycles. The zero-order chi connectivity index (χ0) is 12.3. The van der Waals surface area contributed by atoms with Gasteiger partial charge in [-0.25, -0.2) is 4.98 Å². The summed E-state index contributed by atoms with van der Waals surface area (Å²) >= 11 is 0. The number of aryl methyl sites for hydroxylation is 2. The number of hydrogen-bond acceptors (Lipinski definition) is 5. The SMILES string of the molecule is Cc1cccc(CNc2cc(C)nc(N)n2)n1. The fraction of sp³-hybridized carbons (Fsp3) is 0.250. The normalized spacial score (nSPS) is 10.2. The average Bonchev–Trinajstić information content (AvgIpc) is 2.25. The molecule has 5 heteroatoms. The van der Waals surface area contributed by atoms with Gasteiger partial charge in [0, 0.05) is 17.5 Å². The Morgan fingerprint density at radius 2 is 1.94 bits per heavy atom. The van der Waals surface area contributed by atoms with Crippen molar-refractivity contribution in [3.8, 4) is 0 Å². The van der Waals surface area contributed by atoms with Crippen molar-refractivity contribution in [1.29, 1.82) is 0 Å². The average molecular weight is 229 g/mol. The number of hydrogen-bond donors (Lipinski definition) is 2. The van der Waals surface area contributed by atoms with Gasteiger partial charge in [-0.05, 0) is 26.0 Å². The number of nitrogen functional groups attached to an aromatic ring is 1. The van der Waals surface area contributed by atoms with E-state index in [-0.39, 0.29) is 5.95 Å². The Hall–Kier alpha value is -2.17. The van der Waals surface area contributed by atoms with E-state index in [0.717, 1.165) is 22.9 Å². The Bertz CT molecular complexity index is 504. The van der Waals surface area contributed by atoms with Crippen molar-refractivity contribution >= 4 is 11.8 Å². The Balaban J connectivity index is 2.07. The highest BCUT2D eigenvalue weighted by atomic mass is 15.1. The molecule has 0 fully saturated rings. The summed E-state index contributed by atoms with van der Waals surface area (Å²) in [5.41, 5.74) is 8.39. The second kappa shape index (κ2) is 4.78. The summed E-state index contributed by atoms with van der Waals surface area (Å²) in [6.45, 7) is 4.47. The van der Waals surface area contributed by atoms with Gasteiger partial charge in [-0.15, -0.1) is 0 Å². The first-order valence-corrected chi connectivity index (χ1v) is 5.41. The van der Waals surface area contributed by atoms with Gasteiger partial charge >= 0.3 is 0 Å². The number of nitrogens with one attached hydrogen (secondary N) is 1. The first-order chi connectivity index (χ1) is 8.13. The maximum Gasteiger partial charge on any atom is 0.222 e. The van der Waals surface area contributed by atoms with Crippen LogP contribution >= 0.6 is 0 Å². The zero-order valence-electron chi connectivity index (χ0n) is 9.94. The van der Waals surface area contributed by atoms with Crippen molar-refractivity contribution < 1.29 is 0 Å². The number of nitrogens with two attached hydrogens (primary N) is 1. The maximum atomic E-state index is 5.57. The first-order valence-electron chi connectivity index (χ1n) is 5.41. The fourth-order valence-electron chi connectivity index (χ4n) is 1.56. The Morgan fingerprint density at radius 1 is 1.12 bits per heavy atom. The minimum Gasteiger partial charge on any atom is -0.368 e. The van der Waals surface area contributed by atoms with Crippen LogP contribution in [-0.2, 0) is 6.54 Å². The molecule has 0 bridgehead atoms. The summed E-state index contributed by atoms with van der Waals surface area (Å²) in [5, 5.41) is 3.18. The first kappa shape index (κ1) is 11.3. The summed E-state index contributed by atoms with van der Waals surface area (Å²) in [6.07, 6.45) is 0. The smallest absolute Gasteiger partial charge is 0.222 e. The van der Waals surface area contributed by atoms with Gasteiger partial charge in [-0.2, -0.15) is 4.98 Å². The van der Waals surface area contributed by atoms with E-state index < -0.39 is 0 Å². The molecule has 2 rings (SSSR count). The molecule has 0 saturated heterocycles. The molecule has 3 N–H and O–H groups in total. The molecular formula is C12H15N5. The third-order valence-electron chi connectivity index (χ3n) is 2.27. The molecule has 88 valence electrons. The molecule has 2 aromatic rings. The van der Waals surface area contributed by atoms with E-state index in [2.05, 4.69) is 20.3 Å². The van der Waals surface area contributed by atoms with Crippen molar-refractivity contribution in [1.82, 2.24) is 15.0 Å². The van der Waals surface area contributed by atoms with Crippen molar-refractivity contribution in [2.24, 2.45) is 0 Å². The zero-order valence-corrected chi connectivity index (χ0v) is 9.94. The van der Waals surface area contributed by atoms with Crippen LogP contribution in [0.2, 0.25) is 0 Å². The molecule has 5 nitrogen and oxygen atoms in total. The summed E-state index contributed by atoms with van der Waals surface area (Å²) in [6, 6.07) is 7.78. The molecule has 2 heterocycles. The molecule has 0 unspecified atom stereocenters. The molecule has 17 heavy (non-hydrogen) atoms. The van der Waals surface area contributed by atoms with Gasteiger partial charge in [-0.1, -0.05) is 6.07 Å². The van der Waals surface area contributed by atoms with Crippen LogP contribution in [0.25, 0.3) is 0 Å². The third kappa shape index (κ3) is 3.14. The summed E-state index contributed by atoms with van der Waals surface area (Å²) in [5.74, 6) is 1.00.